The Morgan fingerprint density at radius 1 is 0.494 bits per heavy atom. The highest BCUT2D eigenvalue weighted by molar-refractivity contribution is 6.27. The lowest BCUT2D eigenvalue weighted by Gasteiger charge is -2.33. The Kier molecular flexibility index (Phi) is 10.6. The molecular weight excluding hydrogens is 961 g/mol. The molecule has 2 N–H and O–H groups in total. The van der Waals surface area contributed by atoms with Crippen LogP contribution in [0.4, 0.5) is 28.6 Å². The Morgan fingerprint density at radius 3 is 1.77 bits per heavy atom. The first-order valence-electron chi connectivity index (χ1n) is 27.1. The molecule has 0 radical (unpaired) electrons. The minimum absolute atomic E-state index is 0.610. The average molecular weight is 1010 g/mol. The van der Waals surface area contributed by atoms with Crippen molar-refractivity contribution < 1.29 is 4.42 Å². The normalized spacial score (nSPS) is 13.1. The number of fused-ring (bicyclic) bond motifs is 19. The van der Waals surface area contributed by atoms with Crippen LogP contribution in [0.1, 0.15) is 34.7 Å². The van der Waals surface area contributed by atoms with Gasteiger partial charge in [-0.25, -0.2) is 4.98 Å². The molecule has 79 heavy (non-hydrogen) atoms. The molecule has 0 aliphatic heterocycles. The molecule has 374 valence electrons. The second-order valence-corrected chi connectivity index (χ2v) is 20.8. The summed E-state index contributed by atoms with van der Waals surface area (Å²) in [6.07, 6.45) is 7.97. The first kappa shape index (κ1) is 46.1. The number of aryl methyl sites for hydroxylation is 1. The van der Waals surface area contributed by atoms with Crippen LogP contribution in [-0.2, 0) is 5.41 Å². The number of nitrogens with two attached hydrogens (primary N) is 1. The van der Waals surface area contributed by atoms with Crippen molar-refractivity contribution in [2.45, 2.75) is 19.3 Å². The van der Waals surface area contributed by atoms with E-state index in [1.54, 1.807) is 0 Å². The molecule has 0 atom stereocenters. The van der Waals surface area contributed by atoms with Crippen LogP contribution in [0, 0.1) is 6.92 Å². The number of aromatic nitrogens is 1. The molecule has 0 saturated heterocycles. The van der Waals surface area contributed by atoms with Gasteiger partial charge in [0.1, 0.15) is 17.2 Å². The maximum Gasteiger partial charge on any atom is 0.160 e. The maximum absolute atomic E-state index is 7.35. The molecule has 0 fully saturated rings. The summed E-state index contributed by atoms with van der Waals surface area (Å²) < 4.78 is 7.35. The molecule has 2 aromatic heterocycles. The standard InChI is InChI=1S/C74H52N4O/c1-3-4-37-67(75)77(52-27-19-25-50(42-52)48-21-7-5-8-22-48)54-39-40-59-61(44-54)55-29-11-12-32-58(55)69-71-64(74(72(59)69)62-34-16-13-30-56(62)57-31-14-17-35-63(57)74)45-65(73-70(71)60-33-15-18-36-66(60)79-73)78(68-41-38-47(2)46-76-68)53-28-20-26-51(43-53)49-23-9-6-10-24-49/h3-46H,75H2,1-2H3/b4-3+,67-37+. The lowest BCUT2D eigenvalue weighted by atomic mass is 9.69. The van der Waals surface area contributed by atoms with E-state index in [1.165, 1.54) is 55.3 Å². The van der Waals surface area contributed by atoms with Crippen LogP contribution in [0.2, 0.25) is 0 Å². The molecule has 2 aliphatic rings. The van der Waals surface area contributed by atoms with Crippen LogP contribution in [0.3, 0.4) is 0 Å². The minimum Gasteiger partial charge on any atom is -0.454 e. The Hall–Kier alpha value is -10.2. The van der Waals surface area contributed by atoms with Gasteiger partial charge in [-0.1, -0.05) is 200 Å². The monoisotopic (exact) mass is 1010 g/mol. The number of nitrogens with zero attached hydrogens (tertiary/aromatic N) is 3. The molecule has 13 aromatic rings. The fraction of sp³-hybridized carbons (Fsp3) is 0.0405. The summed E-state index contributed by atoms with van der Waals surface area (Å²) in [5.74, 6) is 1.40. The van der Waals surface area contributed by atoms with Crippen molar-refractivity contribution in [1.29, 1.82) is 0 Å². The van der Waals surface area contributed by atoms with Gasteiger partial charge in [-0.15, -0.1) is 0 Å². The van der Waals surface area contributed by atoms with Crippen LogP contribution >= 0.6 is 0 Å². The van der Waals surface area contributed by atoms with Crippen molar-refractivity contribution in [3.8, 4) is 44.5 Å². The number of pyridine rings is 1. The summed E-state index contributed by atoms with van der Waals surface area (Å²) in [4.78, 5) is 9.73. The summed E-state index contributed by atoms with van der Waals surface area (Å²) in [5, 5.41) is 6.77. The lowest BCUT2D eigenvalue weighted by molar-refractivity contribution is 0.668. The number of allylic oxidation sites excluding steroid dienone is 3. The molecule has 0 amide bonds. The first-order chi connectivity index (χ1) is 39.0. The topological polar surface area (TPSA) is 58.5 Å². The molecule has 11 aromatic carbocycles. The molecular formula is C74H52N4O. The molecule has 5 heteroatoms. The summed E-state index contributed by atoms with van der Waals surface area (Å²) in [5.41, 5.74) is 27.3. The Bertz CT molecular complexity index is 4600. The third-order valence-corrected chi connectivity index (χ3v) is 16.4. The third kappa shape index (κ3) is 6.99. The van der Waals surface area contributed by atoms with Crippen molar-refractivity contribution in [1.82, 2.24) is 4.98 Å². The number of furan rings is 1. The minimum atomic E-state index is -0.782. The van der Waals surface area contributed by atoms with Gasteiger partial charge >= 0.3 is 0 Å². The van der Waals surface area contributed by atoms with Gasteiger partial charge < -0.3 is 10.2 Å². The van der Waals surface area contributed by atoms with Crippen LogP contribution in [0.15, 0.2) is 277 Å². The van der Waals surface area contributed by atoms with Gasteiger partial charge in [-0.05, 0) is 168 Å². The molecule has 15 rings (SSSR count). The van der Waals surface area contributed by atoms with Crippen LogP contribution < -0.4 is 15.5 Å². The highest BCUT2D eigenvalue weighted by Crippen LogP contribution is 2.68. The highest BCUT2D eigenvalue weighted by atomic mass is 16.3. The first-order valence-corrected chi connectivity index (χ1v) is 27.1. The van der Waals surface area contributed by atoms with Crippen molar-refractivity contribution in [2.75, 3.05) is 9.80 Å². The molecule has 0 saturated carbocycles. The SMILES string of the molecule is C/C=C/C=C(\N)N(c1cccc(-c2ccccc2)c1)c1ccc2c3c(c4ccccc4c2c1)-c1c(cc(N(c2cccc(-c4ccccc4)c2)c2ccc(C)cn2)c2oc4ccccc4c12)C31c2ccccc2-c2ccccc21. The van der Waals surface area contributed by atoms with E-state index in [-0.39, 0.29) is 0 Å². The fourth-order valence-electron chi connectivity index (χ4n) is 13.1. The number of benzene rings is 11. The second-order valence-electron chi connectivity index (χ2n) is 20.8. The summed E-state index contributed by atoms with van der Waals surface area (Å²) in [6.45, 7) is 4.11. The number of rotatable bonds is 9. The van der Waals surface area contributed by atoms with E-state index in [2.05, 4.69) is 259 Å². The van der Waals surface area contributed by atoms with Gasteiger partial charge in [0.25, 0.3) is 0 Å². The third-order valence-electron chi connectivity index (χ3n) is 16.4. The van der Waals surface area contributed by atoms with Crippen molar-refractivity contribution in [3.63, 3.8) is 0 Å². The smallest absolute Gasteiger partial charge is 0.160 e. The van der Waals surface area contributed by atoms with Crippen molar-refractivity contribution in [2.24, 2.45) is 5.73 Å². The van der Waals surface area contributed by atoms with E-state index in [4.69, 9.17) is 15.1 Å². The van der Waals surface area contributed by atoms with Gasteiger partial charge in [0.15, 0.2) is 5.58 Å². The lowest BCUT2D eigenvalue weighted by Crippen LogP contribution is -2.27. The van der Waals surface area contributed by atoms with E-state index in [1.807, 2.05) is 31.3 Å². The molecule has 2 aliphatic carbocycles. The zero-order chi connectivity index (χ0) is 52.8. The average Bonchev–Trinajstić information content (AvgIpc) is 3.44. The van der Waals surface area contributed by atoms with E-state index in [9.17, 15) is 0 Å². The van der Waals surface area contributed by atoms with Gasteiger partial charge in [-0.3, -0.25) is 9.80 Å². The molecule has 5 nitrogen and oxygen atoms in total. The second kappa shape index (κ2) is 18.2. The van der Waals surface area contributed by atoms with Gasteiger partial charge in [-0.2, -0.15) is 0 Å². The predicted molar refractivity (Wildman–Crippen MR) is 329 cm³/mol. The van der Waals surface area contributed by atoms with Crippen LogP contribution in [0.5, 0.6) is 0 Å². The highest BCUT2D eigenvalue weighted by Gasteiger charge is 2.54. The summed E-state index contributed by atoms with van der Waals surface area (Å²) in [7, 11) is 0. The van der Waals surface area contributed by atoms with E-state index < -0.39 is 5.41 Å². The molecule has 0 unspecified atom stereocenters. The zero-order valence-corrected chi connectivity index (χ0v) is 43.7. The predicted octanol–water partition coefficient (Wildman–Crippen LogP) is 19.3. The van der Waals surface area contributed by atoms with Gasteiger partial charge in [0.2, 0.25) is 0 Å². The fourth-order valence-corrected chi connectivity index (χ4v) is 13.1. The summed E-state index contributed by atoms with van der Waals surface area (Å²) in [6, 6.07) is 88.1. The zero-order valence-electron chi connectivity index (χ0n) is 43.7. The van der Waals surface area contributed by atoms with Crippen molar-refractivity contribution in [3.05, 3.63) is 301 Å². The maximum atomic E-state index is 7.35. The number of hydrogen-bond acceptors (Lipinski definition) is 5. The van der Waals surface area contributed by atoms with Crippen molar-refractivity contribution >= 4 is 72.1 Å². The Morgan fingerprint density at radius 2 is 1.09 bits per heavy atom. The quantitative estimate of drug-likeness (QED) is 0.115. The Balaban J connectivity index is 1.08. The summed E-state index contributed by atoms with van der Waals surface area (Å²) >= 11 is 0. The van der Waals surface area contributed by atoms with E-state index in [0.717, 1.165) is 89.1 Å². The van der Waals surface area contributed by atoms with Gasteiger partial charge in [0.05, 0.1) is 11.1 Å². The number of para-hydroxylation sites is 1. The van der Waals surface area contributed by atoms with E-state index >= 15 is 0 Å². The van der Waals surface area contributed by atoms with Gasteiger partial charge in [0, 0.05) is 34.0 Å². The number of hydrogen-bond donors (Lipinski definition) is 1. The molecule has 0 bridgehead atoms. The van der Waals surface area contributed by atoms with Crippen LogP contribution in [0.25, 0.3) is 88.0 Å². The van der Waals surface area contributed by atoms with Crippen LogP contribution in [-0.4, -0.2) is 4.98 Å². The largest absolute Gasteiger partial charge is 0.454 e. The molecule has 2 heterocycles. The number of anilines is 5. The Labute approximate surface area is 459 Å². The van der Waals surface area contributed by atoms with E-state index in [0.29, 0.717) is 5.82 Å². The molecule has 1 spiro atoms.